The minimum atomic E-state index is 0.779. The zero-order valence-corrected chi connectivity index (χ0v) is 9.44. The molecule has 0 saturated carbocycles. The normalized spacial score (nSPS) is 28.9. The van der Waals surface area contributed by atoms with Crippen LogP contribution in [0.5, 0.6) is 0 Å². The van der Waals surface area contributed by atoms with E-state index in [0.29, 0.717) is 0 Å². The molecule has 0 bridgehead atoms. The molecule has 0 amide bonds. The molecule has 0 radical (unpaired) electrons. The van der Waals surface area contributed by atoms with Gasteiger partial charge in [-0.05, 0) is 0 Å². The van der Waals surface area contributed by atoms with E-state index in [4.69, 9.17) is 0 Å². The zero-order valence-electron chi connectivity index (χ0n) is 7.73. The number of rotatable bonds is 1. The van der Waals surface area contributed by atoms with Crippen LogP contribution in [0.25, 0.3) is 0 Å². The van der Waals surface area contributed by atoms with Crippen molar-refractivity contribution in [1.82, 2.24) is 0 Å². The summed E-state index contributed by atoms with van der Waals surface area (Å²) >= 11 is 0.779. The van der Waals surface area contributed by atoms with Gasteiger partial charge >= 0.3 is 81.0 Å². The van der Waals surface area contributed by atoms with Gasteiger partial charge in [-0.15, -0.1) is 0 Å². The molecule has 0 aromatic heterocycles. The molecule has 12 heavy (non-hydrogen) atoms. The van der Waals surface area contributed by atoms with Crippen molar-refractivity contribution >= 4 is 15.0 Å². The first kappa shape index (κ1) is 8.59. The van der Waals surface area contributed by atoms with Crippen molar-refractivity contribution in [2.24, 2.45) is 0 Å². The van der Waals surface area contributed by atoms with Crippen molar-refractivity contribution in [3.05, 3.63) is 22.2 Å². The predicted molar refractivity (Wildman–Crippen MR) is 54.4 cm³/mol. The van der Waals surface area contributed by atoms with Crippen LogP contribution in [-0.4, -0.2) is 15.0 Å². The Morgan fingerprint density at radius 3 is 2.83 bits per heavy atom. The van der Waals surface area contributed by atoms with Crippen LogP contribution in [0.1, 0.15) is 39.0 Å². The average Bonchev–Trinajstić information content (AvgIpc) is 2.46. The summed E-state index contributed by atoms with van der Waals surface area (Å²) in [4.78, 5) is 0.862. The van der Waals surface area contributed by atoms with Crippen LogP contribution < -0.4 is 0 Å². The summed E-state index contributed by atoms with van der Waals surface area (Å²) in [5.41, 5.74) is 3.23. The SMILES string of the molecule is C=C(C)C1CC2=C(CCCC2)[Se]1. The van der Waals surface area contributed by atoms with E-state index in [1.54, 1.807) is 0 Å². The molecule has 0 saturated heterocycles. The minimum absolute atomic E-state index is 0.779. The van der Waals surface area contributed by atoms with Crippen LogP contribution >= 0.6 is 0 Å². The quantitative estimate of drug-likeness (QED) is 0.476. The van der Waals surface area contributed by atoms with Gasteiger partial charge in [-0.1, -0.05) is 0 Å². The van der Waals surface area contributed by atoms with Crippen LogP contribution in [0.3, 0.4) is 0 Å². The Morgan fingerprint density at radius 1 is 1.42 bits per heavy atom. The molecule has 0 aromatic rings. The van der Waals surface area contributed by atoms with E-state index in [1.165, 1.54) is 37.7 Å². The maximum atomic E-state index is 4.08. The Labute approximate surface area is 81.3 Å². The molecule has 0 aromatic carbocycles. The van der Waals surface area contributed by atoms with E-state index in [2.05, 4.69) is 13.5 Å². The molecule has 1 heterocycles. The van der Waals surface area contributed by atoms with Crippen LogP contribution in [0.4, 0.5) is 0 Å². The molecular weight excluding hydrogens is 211 g/mol. The van der Waals surface area contributed by atoms with Gasteiger partial charge in [0.15, 0.2) is 0 Å². The van der Waals surface area contributed by atoms with Gasteiger partial charge in [0, 0.05) is 0 Å². The first-order valence-electron chi connectivity index (χ1n) is 4.80. The standard InChI is InChI=1S/C11H16Se/c1-8(2)11-7-9-5-3-4-6-10(9)12-11/h11H,1,3-7H2,2H3. The molecule has 1 heteroatoms. The Hall–Kier alpha value is -0.000519. The molecule has 2 aliphatic rings. The molecule has 2 rings (SSSR count). The monoisotopic (exact) mass is 228 g/mol. The van der Waals surface area contributed by atoms with E-state index in [1.807, 2.05) is 10.0 Å². The Kier molecular flexibility index (Phi) is 2.43. The third-order valence-electron chi connectivity index (χ3n) is 2.79. The summed E-state index contributed by atoms with van der Waals surface area (Å²) in [6, 6.07) is 0. The molecule has 1 unspecified atom stereocenters. The molecule has 1 aliphatic carbocycles. The molecule has 0 nitrogen and oxygen atoms in total. The van der Waals surface area contributed by atoms with Gasteiger partial charge < -0.3 is 0 Å². The summed E-state index contributed by atoms with van der Waals surface area (Å²) in [7, 11) is 0. The molecular formula is C11H16Se. The molecule has 0 fully saturated rings. The van der Waals surface area contributed by atoms with Crippen molar-refractivity contribution in [2.75, 3.05) is 0 Å². The average molecular weight is 227 g/mol. The van der Waals surface area contributed by atoms with Crippen molar-refractivity contribution in [3.63, 3.8) is 0 Å². The Bertz CT molecular complexity index is 219. The maximum absolute atomic E-state index is 4.08. The fourth-order valence-corrected chi connectivity index (χ4v) is 5.04. The van der Waals surface area contributed by atoms with E-state index in [-0.39, 0.29) is 0 Å². The molecule has 1 atom stereocenters. The third kappa shape index (κ3) is 1.53. The second-order valence-corrected chi connectivity index (χ2v) is 6.61. The summed E-state index contributed by atoms with van der Waals surface area (Å²) in [5, 5.41) is 0. The summed E-state index contributed by atoms with van der Waals surface area (Å²) in [6.07, 6.45) is 7.08. The fraction of sp³-hybridized carbons (Fsp3) is 0.636. The molecule has 0 spiro atoms. The van der Waals surface area contributed by atoms with Gasteiger partial charge in [-0.3, -0.25) is 0 Å². The van der Waals surface area contributed by atoms with E-state index < -0.39 is 0 Å². The molecule has 1 aliphatic heterocycles. The third-order valence-corrected chi connectivity index (χ3v) is 6.21. The molecule has 66 valence electrons. The van der Waals surface area contributed by atoms with Gasteiger partial charge in [0.1, 0.15) is 0 Å². The van der Waals surface area contributed by atoms with E-state index >= 15 is 0 Å². The van der Waals surface area contributed by atoms with Crippen molar-refractivity contribution in [1.29, 1.82) is 0 Å². The van der Waals surface area contributed by atoms with Crippen LogP contribution in [0.2, 0.25) is 4.82 Å². The van der Waals surface area contributed by atoms with Gasteiger partial charge in [-0.2, -0.15) is 0 Å². The summed E-state index contributed by atoms with van der Waals surface area (Å²) < 4.78 is 1.85. The Morgan fingerprint density at radius 2 is 2.17 bits per heavy atom. The van der Waals surface area contributed by atoms with Crippen LogP contribution in [0, 0.1) is 0 Å². The van der Waals surface area contributed by atoms with Crippen molar-refractivity contribution < 1.29 is 0 Å². The van der Waals surface area contributed by atoms with E-state index in [9.17, 15) is 0 Å². The number of hydrogen-bond donors (Lipinski definition) is 0. The number of allylic oxidation sites excluding steroid dienone is 3. The summed E-state index contributed by atoms with van der Waals surface area (Å²) in [5.74, 6) is 0. The first-order chi connectivity index (χ1) is 5.77. The zero-order chi connectivity index (χ0) is 8.55. The van der Waals surface area contributed by atoms with Gasteiger partial charge in [0.2, 0.25) is 0 Å². The second-order valence-electron chi connectivity index (χ2n) is 3.89. The second kappa shape index (κ2) is 3.39. The van der Waals surface area contributed by atoms with Gasteiger partial charge in [0.25, 0.3) is 0 Å². The van der Waals surface area contributed by atoms with Crippen molar-refractivity contribution in [3.8, 4) is 0 Å². The Balaban J connectivity index is 2.07. The first-order valence-corrected chi connectivity index (χ1v) is 6.65. The van der Waals surface area contributed by atoms with E-state index in [0.717, 1.165) is 19.8 Å². The van der Waals surface area contributed by atoms with Gasteiger partial charge in [0.05, 0.1) is 0 Å². The fourth-order valence-electron chi connectivity index (χ4n) is 2.01. The van der Waals surface area contributed by atoms with Crippen LogP contribution in [-0.2, 0) is 0 Å². The summed E-state index contributed by atoms with van der Waals surface area (Å²) in [6.45, 7) is 6.28. The molecule has 0 N–H and O–H groups in total. The number of hydrogen-bond acceptors (Lipinski definition) is 0. The van der Waals surface area contributed by atoms with Crippen LogP contribution in [0.15, 0.2) is 22.2 Å². The van der Waals surface area contributed by atoms with Gasteiger partial charge in [-0.25, -0.2) is 0 Å². The van der Waals surface area contributed by atoms with Crippen molar-refractivity contribution in [2.45, 2.75) is 43.8 Å². The topological polar surface area (TPSA) is 0 Å². The predicted octanol–water partition coefficient (Wildman–Crippen LogP) is 3.29.